The fourth-order valence-electron chi connectivity index (χ4n) is 1.00. The summed E-state index contributed by atoms with van der Waals surface area (Å²) in [7, 11) is 0. The number of rotatable bonds is 0. The lowest BCUT2D eigenvalue weighted by atomic mass is 10.2. The van der Waals surface area contributed by atoms with Gasteiger partial charge in [0.05, 0.1) is 0 Å². The second-order valence-corrected chi connectivity index (χ2v) is 2.76. The topological polar surface area (TPSA) is 52.6 Å². The quantitative estimate of drug-likeness (QED) is 0.535. The van der Waals surface area contributed by atoms with Gasteiger partial charge in [0, 0.05) is 12.8 Å². The zero-order valence-electron chi connectivity index (χ0n) is 7.54. The van der Waals surface area contributed by atoms with E-state index < -0.39 is 0 Å². The zero-order chi connectivity index (χ0) is 9.68. The third kappa shape index (κ3) is 3.27. The molecule has 0 aromatic heterocycles. The van der Waals surface area contributed by atoms with E-state index in [0.717, 1.165) is 0 Å². The Hall–Kier alpha value is -1.32. The Morgan fingerprint density at radius 1 is 1.08 bits per heavy atom. The van der Waals surface area contributed by atoms with Crippen LogP contribution in [0.3, 0.4) is 0 Å². The average molecular weight is 184 g/mol. The lowest BCUT2D eigenvalue weighted by Crippen LogP contribution is -2.08. The summed E-state index contributed by atoms with van der Waals surface area (Å²) >= 11 is 0. The van der Waals surface area contributed by atoms with Crippen LogP contribution in [0.5, 0.6) is 0 Å². The van der Waals surface area contributed by atoms with Gasteiger partial charge in [0.1, 0.15) is 0 Å². The van der Waals surface area contributed by atoms with Crippen LogP contribution < -0.4 is 0 Å². The fraction of sp³-hybridized carbons (Fsp3) is 0.556. The van der Waals surface area contributed by atoms with Crippen LogP contribution in [0.25, 0.3) is 0 Å². The summed E-state index contributed by atoms with van der Waals surface area (Å²) in [4.78, 5) is 22.0. The minimum Gasteiger partial charge on any atom is -0.393 e. The van der Waals surface area contributed by atoms with Crippen molar-refractivity contribution in [3.05, 3.63) is 12.0 Å². The lowest BCUT2D eigenvalue weighted by Gasteiger charge is -2.05. The van der Waals surface area contributed by atoms with Crippen molar-refractivity contribution in [2.75, 3.05) is 0 Å². The maximum atomic E-state index is 11.0. The molecule has 0 N–H and O–H groups in total. The third-order valence-electron chi connectivity index (χ3n) is 1.68. The molecule has 1 fully saturated rings. The van der Waals surface area contributed by atoms with Crippen LogP contribution in [0, 0.1) is 0 Å². The molecule has 0 spiro atoms. The van der Waals surface area contributed by atoms with Gasteiger partial charge in [-0.25, -0.2) is 0 Å². The van der Waals surface area contributed by atoms with E-state index in [4.69, 9.17) is 9.47 Å². The minimum absolute atomic E-state index is 0.00287. The Bertz CT molecular complexity index is 220. The number of carbonyl (C=O) groups is 2. The smallest absolute Gasteiger partial charge is 0.313 e. The van der Waals surface area contributed by atoms with Crippen LogP contribution in [-0.2, 0) is 19.1 Å². The van der Waals surface area contributed by atoms with Gasteiger partial charge in [-0.2, -0.15) is 0 Å². The van der Waals surface area contributed by atoms with Crippen molar-refractivity contribution >= 4 is 11.9 Å². The van der Waals surface area contributed by atoms with Gasteiger partial charge in [0.2, 0.25) is 0 Å². The van der Waals surface area contributed by atoms with Crippen molar-refractivity contribution in [1.82, 2.24) is 0 Å². The van der Waals surface area contributed by atoms with E-state index in [1.807, 2.05) is 0 Å². The molecule has 1 heterocycles. The average Bonchev–Trinajstić information content (AvgIpc) is 2.17. The maximum Gasteiger partial charge on any atom is 0.313 e. The summed E-state index contributed by atoms with van der Waals surface area (Å²) in [5, 5.41) is 0. The summed E-state index contributed by atoms with van der Waals surface area (Å²) in [5.74, 6) is -0.692. The fourth-order valence-corrected chi connectivity index (χ4v) is 1.00. The Morgan fingerprint density at radius 2 is 1.54 bits per heavy atom. The first-order valence-corrected chi connectivity index (χ1v) is 4.30. The van der Waals surface area contributed by atoms with Crippen molar-refractivity contribution in [1.29, 1.82) is 0 Å². The normalized spacial score (nSPS) is 19.3. The Balaban J connectivity index is 2.64. The van der Waals surface area contributed by atoms with Crippen molar-refractivity contribution in [2.45, 2.75) is 32.6 Å². The highest BCUT2D eigenvalue weighted by atomic mass is 16.7. The van der Waals surface area contributed by atoms with Gasteiger partial charge in [0.15, 0.2) is 0 Å². The molecule has 1 rings (SSSR count). The predicted octanol–water partition coefficient (Wildman–Crippen LogP) is 1.51. The van der Waals surface area contributed by atoms with Crippen LogP contribution >= 0.6 is 0 Å². The third-order valence-corrected chi connectivity index (χ3v) is 1.68. The lowest BCUT2D eigenvalue weighted by molar-refractivity contribution is -0.152. The standard InChI is InChI=1S/C9H12O4/c1-2-9-12-7(10)5-3-4-6-8(11)13-9/h2H,3-6H2,1H3. The molecule has 0 aliphatic carbocycles. The van der Waals surface area contributed by atoms with Gasteiger partial charge in [-0.1, -0.05) is 0 Å². The number of carbonyl (C=O) groups excluding carboxylic acids is 2. The number of ether oxygens (including phenoxy) is 2. The molecule has 4 nitrogen and oxygen atoms in total. The number of cyclic esters (lactones) is 2. The van der Waals surface area contributed by atoms with Gasteiger partial charge < -0.3 is 9.47 Å². The molecule has 0 unspecified atom stereocenters. The molecule has 4 heteroatoms. The highest BCUT2D eigenvalue weighted by molar-refractivity contribution is 5.73. The van der Waals surface area contributed by atoms with Crippen LogP contribution in [0.2, 0.25) is 0 Å². The minimum atomic E-state index is -0.345. The molecule has 0 saturated carbocycles. The van der Waals surface area contributed by atoms with Gasteiger partial charge in [-0.15, -0.1) is 0 Å². The second kappa shape index (κ2) is 4.64. The van der Waals surface area contributed by atoms with Crippen molar-refractivity contribution in [3.63, 3.8) is 0 Å². The number of hydrogen-bond acceptors (Lipinski definition) is 4. The first-order valence-electron chi connectivity index (χ1n) is 4.30. The molecule has 0 radical (unpaired) electrons. The number of esters is 2. The summed E-state index contributed by atoms with van der Waals surface area (Å²) in [6.07, 6.45) is 3.49. The molecule has 72 valence electrons. The van der Waals surface area contributed by atoms with Gasteiger partial charge >= 0.3 is 11.9 Å². The maximum absolute atomic E-state index is 11.0. The van der Waals surface area contributed by atoms with Gasteiger partial charge in [0.25, 0.3) is 5.95 Å². The van der Waals surface area contributed by atoms with Crippen LogP contribution in [0.1, 0.15) is 32.6 Å². The van der Waals surface area contributed by atoms with E-state index in [2.05, 4.69) is 0 Å². The highest BCUT2D eigenvalue weighted by Crippen LogP contribution is 2.11. The van der Waals surface area contributed by atoms with Gasteiger partial charge in [-0.05, 0) is 25.8 Å². The molecule has 0 amide bonds. The first-order chi connectivity index (χ1) is 6.22. The molecular formula is C9H12O4. The molecule has 0 aromatic rings. The molecule has 1 aliphatic rings. The SMILES string of the molecule is CC=C1OC(=O)CCCCC(=O)O1. The van der Waals surface area contributed by atoms with E-state index in [-0.39, 0.29) is 17.9 Å². The molecule has 0 atom stereocenters. The van der Waals surface area contributed by atoms with Crippen LogP contribution in [-0.4, -0.2) is 11.9 Å². The summed E-state index contributed by atoms with van der Waals surface area (Å²) in [6.45, 7) is 1.65. The second-order valence-electron chi connectivity index (χ2n) is 2.76. The van der Waals surface area contributed by atoms with Crippen molar-refractivity contribution in [2.24, 2.45) is 0 Å². The van der Waals surface area contributed by atoms with Gasteiger partial charge in [-0.3, -0.25) is 9.59 Å². The predicted molar refractivity (Wildman–Crippen MR) is 44.4 cm³/mol. The zero-order valence-corrected chi connectivity index (χ0v) is 7.54. The molecular weight excluding hydrogens is 172 g/mol. The van der Waals surface area contributed by atoms with E-state index >= 15 is 0 Å². The Kier molecular flexibility index (Phi) is 3.49. The summed E-state index contributed by atoms with van der Waals surface area (Å²) in [6, 6.07) is 0. The Labute approximate surface area is 76.5 Å². The van der Waals surface area contributed by atoms with Crippen LogP contribution in [0.15, 0.2) is 12.0 Å². The number of hydrogen-bond donors (Lipinski definition) is 0. The van der Waals surface area contributed by atoms with Crippen molar-refractivity contribution < 1.29 is 19.1 Å². The van der Waals surface area contributed by atoms with E-state index in [1.54, 1.807) is 6.92 Å². The molecule has 0 bridgehead atoms. The molecule has 0 aromatic carbocycles. The molecule has 1 aliphatic heterocycles. The molecule has 1 saturated heterocycles. The highest BCUT2D eigenvalue weighted by Gasteiger charge is 2.14. The van der Waals surface area contributed by atoms with E-state index in [0.29, 0.717) is 25.7 Å². The monoisotopic (exact) mass is 184 g/mol. The van der Waals surface area contributed by atoms with Crippen molar-refractivity contribution in [3.8, 4) is 0 Å². The van der Waals surface area contributed by atoms with E-state index in [1.165, 1.54) is 6.08 Å². The molecule has 13 heavy (non-hydrogen) atoms. The summed E-state index contributed by atoms with van der Waals surface area (Å²) in [5.41, 5.74) is 0. The first kappa shape index (κ1) is 9.77. The number of allylic oxidation sites excluding steroid dienone is 1. The largest absolute Gasteiger partial charge is 0.393 e. The van der Waals surface area contributed by atoms with E-state index in [9.17, 15) is 9.59 Å². The Morgan fingerprint density at radius 3 is 1.92 bits per heavy atom. The summed E-state index contributed by atoms with van der Waals surface area (Å²) < 4.78 is 9.54. The van der Waals surface area contributed by atoms with Crippen LogP contribution in [0.4, 0.5) is 0 Å².